The van der Waals surface area contributed by atoms with Crippen LogP contribution >= 0.6 is 0 Å². The summed E-state index contributed by atoms with van der Waals surface area (Å²) < 4.78 is 5.64. The van der Waals surface area contributed by atoms with E-state index in [0.717, 1.165) is 25.3 Å². The topological polar surface area (TPSA) is 67.6 Å². The zero-order chi connectivity index (χ0) is 15.6. The lowest BCUT2D eigenvalue weighted by atomic mass is 10.0. The molecule has 0 spiro atoms. The molecule has 21 heavy (non-hydrogen) atoms. The second-order valence-corrected chi connectivity index (χ2v) is 6.34. The molecular formula is C15H23N3O3. The van der Waals surface area contributed by atoms with E-state index in [1.54, 1.807) is 6.07 Å². The smallest absolute Gasteiger partial charge is 0.275 e. The van der Waals surface area contributed by atoms with Gasteiger partial charge in [0.05, 0.1) is 17.1 Å². The summed E-state index contributed by atoms with van der Waals surface area (Å²) in [5.74, 6) is 0.547. The molecule has 116 valence electrons. The van der Waals surface area contributed by atoms with E-state index in [9.17, 15) is 10.1 Å². The van der Waals surface area contributed by atoms with E-state index in [-0.39, 0.29) is 22.3 Å². The van der Waals surface area contributed by atoms with Gasteiger partial charge in [0.15, 0.2) is 0 Å². The Morgan fingerprint density at radius 3 is 2.67 bits per heavy atom. The second-order valence-electron chi connectivity index (χ2n) is 6.34. The standard InChI is InChI=1S/C15H23N3O3/c1-11(2)21-14-8-12(7-13(9-14)18(19)20)17-6-5-16-15(3,4)10-17/h7-9,11,16H,5-6,10H2,1-4H3. The molecule has 1 fully saturated rings. The number of piperazine rings is 1. The number of nitrogens with zero attached hydrogens (tertiary/aromatic N) is 2. The van der Waals surface area contributed by atoms with Crippen LogP contribution in [0.25, 0.3) is 0 Å². The normalized spacial score (nSPS) is 17.9. The number of non-ortho nitro benzene ring substituents is 1. The molecule has 1 aromatic rings. The van der Waals surface area contributed by atoms with Crippen LogP contribution in [0.2, 0.25) is 0 Å². The Morgan fingerprint density at radius 2 is 2.10 bits per heavy atom. The molecule has 0 atom stereocenters. The minimum Gasteiger partial charge on any atom is -0.491 e. The maximum absolute atomic E-state index is 11.1. The van der Waals surface area contributed by atoms with Gasteiger partial charge in [-0.1, -0.05) is 0 Å². The lowest BCUT2D eigenvalue weighted by Crippen LogP contribution is -2.57. The monoisotopic (exact) mass is 293 g/mol. The molecular weight excluding hydrogens is 270 g/mol. The molecule has 1 heterocycles. The van der Waals surface area contributed by atoms with Crippen LogP contribution in [0.1, 0.15) is 27.7 Å². The minimum atomic E-state index is -0.371. The van der Waals surface area contributed by atoms with Gasteiger partial charge in [-0.15, -0.1) is 0 Å². The quantitative estimate of drug-likeness (QED) is 0.682. The number of rotatable bonds is 4. The van der Waals surface area contributed by atoms with Crippen LogP contribution in [0.3, 0.4) is 0 Å². The number of nitro benzene ring substituents is 1. The van der Waals surface area contributed by atoms with Gasteiger partial charge in [0.25, 0.3) is 5.69 Å². The Labute approximate surface area is 125 Å². The molecule has 1 aromatic carbocycles. The van der Waals surface area contributed by atoms with Crippen molar-refractivity contribution in [3.05, 3.63) is 28.3 Å². The van der Waals surface area contributed by atoms with E-state index in [1.165, 1.54) is 6.07 Å². The Hall–Kier alpha value is -1.82. The summed E-state index contributed by atoms with van der Waals surface area (Å²) >= 11 is 0. The number of anilines is 1. The predicted molar refractivity (Wildman–Crippen MR) is 83.2 cm³/mol. The molecule has 0 aliphatic carbocycles. The van der Waals surface area contributed by atoms with Crippen LogP contribution in [0.4, 0.5) is 11.4 Å². The second kappa shape index (κ2) is 5.89. The Kier molecular flexibility index (Phi) is 4.37. The molecule has 0 bridgehead atoms. The van der Waals surface area contributed by atoms with E-state index in [1.807, 2.05) is 19.9 Å². The molecule has 0 unspecified atom stereocenters. The van der Waals surface area contributed by atoms with Gasteiger partial charge in [0, 0.05) is 43.0 Å². The molecule has 0 saturated carbocycles. The first-order valence-corrected chi connectivity index (χ1v) is 7.23. The van der Waals surface area contributed by atoms with Crippen molar-refractivity contribution < 1.29 is 9.66 Å². The van der Waals surface area contributed by atoms with Gasteiger partial charge in [-0.2, -0.15) is 0 Å². The molecule has 2 rings (SSSR count). The van der Waals surface area contributed by atoms with Crippen molar-refractivity contribution in [2.24, 2.45) is 0 Å². The fourth-order valence-electron chi connectivity index (χ4n) is 2.56. The molecule has 6 nitrogen and oxygen atoms in total. The fraction of sp³-hybridized carbons (Fsp3) is 0.600. The van der Waals surface area contributed by atoms with Gasteiger partial charge < -0.3 is 15.0 Å². The van der Waals surface area contributed by atoms with E-state index in [2.05, 4.69) is 24.1 Å². The Morgan fingerprint density at radius 1 is 1.38 bits per heavy atom. The molecule has 0 radical (unpaired) electrons. The van der Waals surface area contributed by atoms with E-state index in [4.69, 9.17) is 4.74 Å². The number of ether oxygens (including phenoxy) is 1. The molecule has 1 saturated heterocycles. The number of hydrogen-bond acceptors (Lipinski definition) is 5. The summed E-state index contributed by atoms with van der Waals surface area (Å²) in [4.78, 5) is 12.9. The van der Waals surface area contributed by atoms with Gasteiger partial charge in [-0.25, -0.2) is 0 Å². The third-order valence-electron chi connectivity index (χ3n) is 3.40. The van der Waals surface area contributed by atoms with Gasteiger partial charge >= 0.3 is 0 Å². The molecule has 1 aliphatic rings. The van der Waals surface area contributed by atoms with Crippen molar-refractivity contribution in [3.63, 3.8) is 0 Å². The molecule has 1 N–H and O–H groups in total. The van der Waals surface area contributed by atoms with Gasteiger partial charge in [0.1, 0.15) is 5.75 Å². The van der Waals surface area contributed by atoms with Crippen molar-refractivity contribution >= 4 is 11.4 Å². The van der Waals surface area contributed by atoms with E-state index < -0.39 is 0 Å². The van der Waals surface area contributed by atoms with Crippen LogP contribution in [-0.4, -0.2) is 36.2 Å². The molecule has 6 heteroatoms. The first-order chi connectivity index (χ1) is 9.77. The zero-order valence-electron chi connectivity index (χ0n) is 13.0. The summed E-state index contributed by atoms with van der Waals surface area (Å²) in [7, 11) is 0. The lowest BCUT2D eigenvalue weighted by molar-refractivity contribution is -0.384. The third-order valence-corrected chi connectivity index (χ3v) is 3.40. The summed E-state index contributed by atoms with van der Waals surface area (Å²) in [6.45, 7) is 10.6. The number of nitrogens with one attached hydrogen (secondary N) is 1. The van der Waals surface area contributed by atoms with Gasteiger partial charge in [-0.05, 0) is 27.7 Å². The summed E-state index contributed by atoms with van der Waals surface area (Å²) in [5, 5.41) is 14.6. The van der Waals surface area contributed by atoms with Crippen molar-refractivity contribution in [1.29, 1.82) is 0 Å². The molecule has 0 aromatic heterocycles. The average molecular weight is 293 g/mol. The predicted octanol–water partition coefficient (Wildman–Crippen LogP) is 2.57. The zero-order valence-corrected chi connectivity index (χ0v) is 13.0. The summed E-state index contributed by atoms with van der Waals surface area (Å²) in [5.41, 5.74) is 0.899. The fourth-order valence-corrected chi connectivity index (χ4v) is 2.56. The summed E-state index contributed by atoms with van der Waals surface area (Å²) in [6, 6.07) is 4.99. The van der Waals surface area contributed by atoms with Gasteiger partial charge in [0.2, 0.25) is 0 Å². The van der Waals surface area contributed by atoms with E-state index in [0.29, 0.717) is 5.75 Å². The number of nitro groups is 1. The lowest BCUT2D eigenvalue weighted by Gasteiger charge is -2.40. The van der Waals surface area contributed by atoms with E-state index >= 15 is 0 Å². The average Bonchev–Trinajstić information content (AvgIpc) is 2.36. The molecule has 0 amide bonds. The van der Waals surface area contributed by atoms with Crippen LogP contribution < -0.4 is 15.0 Å². The number of hydrogen-bond donors (Lipinski definition) is 1. The van der Waals surface area contributed by atoms with Gasteiger partial charge in [-0.3, -0.25) is 10.1 Å². The highest BCUT2D eigenvalue weighted by molar-refractivity contribution is 5.58. The highest BCUT2D eigenvalue weighted by Crippen LogP contribution is 2.30. The van der Waals surface area contributed by atoms with Crippen LogP contribution in [0.5, 0.6) is 5.75 Å². The Bertz CT molecular complexity index is 529. The first kappa shape index (κ1) is 15.6. The summed E-state index contributed by atoms with van der Waals surface area (Å²) in [6.07, 6.45) is -0.0145. The van der Waals surface area contributed by atoms with Crippen molar-refractivity contribution in [3.8, 4) is 5.75 Å². The van der Waals surface area contributed by atoms with Crippen molar-refractivity contribution in [1.82, 2.24) is 5.32 Å². The minimum absolute atomic E-state index is 0.0120. The van der Waals surface area contributed by atoms with Crippen LogP contribution in [0, 0.1) is 10.1 Å². The highest BCUT2D eigenvalue weighted by atomic mass is 16.6. The largest absolute Gasteiger partial charge is 0.491 e. The highest BCUT2D eigenvalue weighted by Gasteiger charge is 2.27. The van der Waals surface area contributed by atoms with Crippen molar-refractivity contribution in [2.75, 3.05) is 24.5 Å². The number of benzene rings is 1. The first-order valence-electron chi connectivity index (χ1n) is 7.23. The van der Waals surface area contributed by atoms with Crippen molar-refractivity contribution in [2.45, 2.75) is 39.3 Å². The van der Waals surface area contributed by atoms with Crippen LogP contribution in [-0.2, 0) is 0 Å². The van der Waals surface area contributed by atoms with Crippen LogP contribution in [0.15, 0.2) is 18.2 Å². The Balaban J connectivity index is 2.33. The molecule has 1 aliphatic heterocycles. The maximum Gasteiger partial charge on any atom is 0.275 e. The SMILES string of the molecule is CC(C)Oc1cc(N2CCNC(C)(C)C2)cc([N+](=O)[O-])c1. The maximum atomic E-state index is 11.1. The third kappa shape index (κ3) is 4.07.